The van der Waals surface area contributed by atoms with Crippen molar-refractivity contribution in [1.82, 2.24) is 10.0 Å². The number of carbonyl (C=O) groups excluding carboxylic acids is 1. The summed E-state index contributed by atoms with van der Waals surface area (Å²) in [5.74, 6) is 0.960. The second-order valence-corrected chi connectivity index (χ2v) is 7.29. The number of hydrogen-bond donors (Lipinski definition) is 2. The Hall–Kier alpha value is -1.86. The zero-order valence-corrected chi connectivity index (χ0v) is 14.2. The number of amides is 1. The quantitative estimate of drug-likeness (QED) is 0.555. The number of methoxy groups -OCH3 is 1. The standard InChI is InChI=1S/C16H22N2O4S/c1-12(13-3-4-13)11-16(19)17-9-10-18-23(20,21)15-7-5-14(22-2)6-8-15/h5-8,11,13,18H,3-4,9-10H2,1-2H3,(H,17,19)/b12-11-. The number of hydrogen-bond acceptors (Lipinski definition) is 4. The number of carbonyl (C=O) groups is 1. The van der Waals surface area contributed by atoms with Crippen molar-refractivity contribution in [2.45, 2.75) is 24.7 Å². The molecule has 1 amide bonds. The van der Waals surface area contributed by atoms with E-state index in [2.05, 4.69) is 10.0 Å². The summed E-state index contributed by atoms with van der Waals surface area (Å²) in [6.45, 7) is 2.32. The number of rotatable bonds is 8. The molecule has 1 fully saturated rings. The van der Waals surface area contributed by atoms with E-state index < -0.39 is 10.0 Å². The average Bonchev–Trinajstić information content (AvgIpc) is 3.36. The average molecular weight is 338 g/mol. The van der Waals surface area contributed by atoms with Crippen molar-refractivity contribution in [1.29, 1.82) is 0 Å². The smallest absolute Gasteiger partial charge is 0.243 e. The minimum absolute atomic E-state index is 0.135. The summed E-state index contributed by atoms with van der Waals surface area (Å²) in [4.78, 5) is 11.8. The Morgan fingerprint density at radius 1 is 1.26 bits per heavy atom. The minimum atomic E-state index is -3.58. The van der Waals surface area contributed by atoms with E-state index in [-0.39, 0.29) is 23.9 Å². The monoisotopic (exact) mass is 338 g/mol. The molecule has 126 valence electrons. The first-order valence-electron chi connectivity index (χ1n) is 7.52. The highest BCUT2D eigenvalue weighted by Crippen LogP contribution is 2.35. The Bertz CT molecular complexity index is 677. The third kappa shape index (κ3) is 5.37. The van der Waals surface area contributed by atoms with Gasteiger partial charge in [-0.15, -0.1) is 0 Å². The lowest BCUT2D eigenvalue weighted by molar-refractivity contribution is -0.116. The number of benzene rings is 1. The van der Waals surface area contributed by atoms with Gasteiger partial charge in [-0.2, -0.15) is 0 Å². The molecule has 0 bridgehead atoms. The molecule has 6 nitrogen and oxygen atoms in total. The highest BCUT2D eigenvalue weighted by Gasteiger charge is 2.23. The molecule has 0 heterocycles. The fraction of sp³-hybridized carbons (Fsp3) is 0.438. The molecule has 1 aromatic rings. The van der Waals surface area contributed by atoms with Crippen LogP contribution in [0.1, 0.15) is 19.8 Å². The van der Waals surface area contributed by atoms with E-state index in [4.69, 9.17) is 4.74 Å². The molecular weight excluding hydrogens is 316 g/mol. The zero-order valence-electron chi connectivity index (χ0n) is 13.3. The summed E-state index contributed by atoms with van der Waals surface area (Å²) in [6.07, 6.45) is 3.89. The summed E-state index contributed by atoms with van der Waals surface area (Å²) in [5, 5.41) is 2.68. The van der Waals surface area contributed by atoms with Gasteiger partial charge in [0.25, 0.3) is 0 Å². The Morgan fingerprint density at radius 3 is 2.48 bits per heavy atom. The van der Waals surface area contributed by atoms with E-state index in [1.807, 2.05) is 6.92 Å². The number of allylic oxidation sites excluding steroid dienone is 1. The fourth-order valence-corrected chi connectivity index (χ4v) is 3.16. The van der Waals surface area contributed by atoms with Gasteiger partial charge in [0.1, 0.15) is 5.75 Å². The van der Waals surface area contributed by atoms with Gasteiger partial charge in [-0.1, -0.05) is 5.57 Å². The van der Waals surface area contributed by atoms with E-state index >= 15 is 0 Å². The van der Waals surface area contributed by atoms with Gasteiger partial charge in [0.2, 0.25) is 15.9 Å². The first kappa shape index (κ1) is 17.5. The number of sulfonamides is 1. The third-order valence-corrected chi connectivity index (χ3v) is 5.14. The topological polar surface area (TPSA) is 84.5 Å². The third-order valence-electron chi connectivity index (χ3n) is 3.67. The van der Waals surface area contributed by atoms with Crippen LogP contribution in [0.25, 0.3) is 0 Å². The molecule has 0 spiro atoms. The van der Waals surface area contributed by atoms with Crippen LogP contribution in [0.15, 0.2) is 40.8 Å². The summed E-state index contributed by atoms with van der Waals surface area (Å²) >= 11 is 0. The van der Waals surface area contributed by atoms with Crippen LogP contribution in [0.5, 0.6) is 5.75 Å². The van der Waals surface area contributed by atoms with Gasteiger partial charge in [-0.05, 0) is 49.9 Å². The van der Waals surface area contributed by atoms with Crippen LogP contribution in [-0.4, -0.2) is 34.5 Å². The van der Waals surface area contributed by atoms with Crippen LogP contribution in [0.2, 0.25) is 0 Å². The lowest BCUT2D eigenvalue weighted by Gasteiger charge is -2.08. The number of ether oxygens (including phenoxy) is 1. The molecule has 1 aromatic carbocycles. The molecule has 23 heavy (non-hydrogen) atoms. The van der Waals surface area contributed by atoms with Gasteiger partial charge in [-0.3, -0.25) is 4.79 Å². The molecule has 7 heteroatoms. The van der Waals surface area contributed by atoms with Crippen LogP contribution in [0.3, 0.4) is 0 Å². The van der Waals surface area contributed by atoms with Crippen molar-refractivity contribution < 1.29 is 17.9 Å². The van der Waals surface area contributed by atoms with E-state index in [0.29, 0.717) is 11.7 Å². The first-order valence-corrected chi connectivity index (χ1v) is 9.00. The molecule has 2 N–H and O–H groups in total. The first-order chi connectivity index (χ1) is 10.9. The van der Waals surface area contributed by atoms with Crippen LogP contribution in [-0.2, 0) is 14.8 Å². The molecular formula is C16H22N2O4S. The second-order valence-electron chi connectivity index (χ2n) is 5.53. The molecule has 0 aliphatic heterocycles. The van der Waals surface area contributed by atoms with E-state index in [1.54, 1.807) is 18.2 Å². The van der Waals surface area contributed by atoms with Gasteiger partial charge in [0, 0.05) is 19.2 Å². The molecule has 0 atom stereocenters. The highest BCUT2D eigenvalue weighted by molar-refractivity contribution is 7.89. The van der Waals surface area contributed by atoms with E-state index in [0.717, 1.165) is 18.4 Å². The number of nitrogens with one attached hydrogen (secondary N) is 2. The highest BCUT2D eigenvalue weighted by atomic mass is 32.2. The molecule has 0 radical (unpaired) electrons. The Kier molecular flexibility index (Phi) is 5.79. The second kappa shape index (κ2) is 7.61. The van der Waals surface area contributed by atoms with Crippen molar-refractivity contribution >= 4 is 15.9 Å². The normalized spacial score (nSPS) is 15.3. The van der Waals surface area contributed by atoms with Crippen LogP contribution in [0.4, 0.5) is 0 Å². The van der Waals surface area contributed by atoms with Crippen LogP contribution < -0.4 is 14.8 Å². The molecule has 1 aliphatic carbocycles. The Morgan fingerprint density at radius 2 is 1.91 bits per heavy atom. The molecule has 2 rings (SSSR count). The van der Waals surface area contributed by atoms with Crippen molar-refractivity contribution in [2.24, 2.45) is 5.92 Å². The summed E-state index contributed by atoms with van der Waals surface area (Å²) < 4.78 is 31.6. The summed E-state index contributed by atoms with van der Waals surface area (Å²) in [6, 6.07) is 6.12. The predicted molar refractivity (Wildman–Crippen MR) is 87.7 cm³/mol. The van der Waals surface area contributed by atoms with Crippen molar-refractivity contribution in [3.63, 3.8) is 0 Å². The minimum Gasteiger partial charge on any atom is -0.497 e. The van der Waals surface area contributed by atoms with Gasteiger partial charge in [0.05, 0.1) is 12.0 Å². The van der Waals surface area contributed by atoms with Crippen LogP contribution in [0, 0.1) is 5.92 Å². The van der Waals surface area contributed by atoms with Gasteiger partial charge >= 0.3 is 0 Å². The maximum Gasteiger partial charge on any atom is 0.243 e. The summed E-state index contributed by atoms with van der Waals surface area (Å²) in [5.41, 5.74) is 1.08. The van der Waals surface area contributed by atoms with Crippen molar-refractivity contribution in [3.05, 3.63) is 35.9 Å². The van der Waals surface area contributed by atoms with Gasteiger partial charge < -0.3 is 10.1 Å². The van der Waals surface area contributed by atoms with Crippen molar-refractivity contribution in [3.8, 4) is 5.75 Å². The van der Waals surface area contributed by atoms with Gasteiger partial charge in [0.15, 0.2) is 0 Å². The van der Waals surface area contributed by atoms with E-state index in [1.165, 1.54) is 19.2 Å². The van der Waals surface area contributed by atoms with Gasteiger partial charge in [-0.25, -0.2) is 13.1 Å². The van der Waals surface area contributed by atoms with E-state index in [9.17, 15) is 13.2 Å². The molecule has 1 saturated carbocycles. The van der Waals surface area contributed by atoms with Crippen LogP contribution >= 0.6 is 0 Å². The maximum atomic E-state index is 12.1. The molecule has 0 unspecified atom stereocenters. The Balaban J connectivity index is 1.77. The Labute approximate surface area is 137 Å². The largest absolute Gasteiger partial charge is 0.497 e. The lowest BCUT2D eigenvalue weighted by atomic mass is 10.2. The molecule has 0 aromatic heterocycles. The molecule has 1 aliphatic rings. The predicted octanol–water partition coefficient (Wildman–Crippen LogP) is 1.45. The lowest BCUT2D eigenvalue weighted by Crippen LogP contribution is -2.34. The zero-order chi connectivity index (χ0) is 16.9. The fourth-order valence-electron chi connectivity index (χ4n) is 2.12. The summed E-state index contributed by atoms with van der Waals surface area (Å²) in [7, 11) is -2.06. The maximum absolute atomic E-state index is 12.1. The SMILES string of the molecule is COc1ccc(S(=O)(=O)NCCNC(=O)/C=C(/C)C2CC2)cc1. The molecule has 0 saturated heterocycles. The van der Waals surface area contributed by atoms with Crippen molar-refractivity contribution in [2.75, 3.05) is 20.2 Å².